The molecule has 110 valence electrons. The molecule has 0 radical (unpaired) electrons. The molecule has 3 rings (SSSR count). The Morgan fingerprint density at radius 3 is 2.90 bits per heavy atom. The highest BCUT2D eigenvalue weighted by atomic mass is 32.2. The molecule has 2 aliphatic rings. The van der Waals surface area contributed by atoms with Crippen LogP contribution >= 0.6 is 0 Å². The molecule has 0 aromatic heterocycles. The maximum absolute atomic E-state index is 12.5. The van der Waals surface area contributed by atoms with E-state index in [1.807, 2.05) is 12.1 Å². The summed E-state index contributed by atoms with van der Waals surface area (Å²) < 4.78 is 37.5. The standard InChI is InChI=1S/C14H19NO4S/c16-20(17,11-7-12-4-3-9-18-12)15-8-10-19-14-6-2-1-5-13(14)15/h1-2,5-6,12H,3-4,7-11H2. The van der Waals surface area contributed by atoms with E-state index >= 15 is 0 Å². The normalized spacial score (nSPS) is 22.4. The van der Waals surface area contributed by atoms with Gasteiger partial charge in [0.1, 0.15) is 12.4 Å². The monoisotopic (exact) mass is 297 g/mol. The Hall–Kier alpha value is -1.27. The lowest BCUT2D eigenvalue weighted by molar-refractivity contribution is 0.109. The Bertz CT molecular complexity index is 566. The van der Waals surface area contributed by atoms with E-state index in [-0.39, 0.29) is 11.9 Å². The fourth-order valence-corrected chi connectivity index (χ4v) is 4.28. The first-order chi connectivity index (χ1) is 9.67. The number of benzene rings is 1. The number of para-hydroxylation sites is 2. The average Bonchev–Trinajstić information content (AvgIpc) is 2.98. The van der Waals surface area contributed by atoms with Gasteiger partial charge in [0.2, 0.25) is 10.0 Å². The molecular formula is C14H19NO4S. The number of rotatable bonds is 4. The van der Waals surface area contributed by atoms with Gasteiger partial charge in [0, 0.05) is 6.61 Å². The maximum atomic E-state index is 12.5. The van der Waals surface area contributed by atoms with Crippen LogP contribution in [0.25, 0.3) is 0 Å². The van der Waals surface area contributed by atoms with Crippen LogP contribution in [0.15, 0.2) is 24.3 Å². The van der Waals surface area contributed by atoms with Crippen molar-refractivity contribution in [1.29, 1.82) is 0 Å². The van der Waals surface area contributed by atoms with Crippen molar-refractivity contribution in [2.45, 2.75) is 25.4 Å². The van der Waals surface area contributed by atoms with Crippen molar-refractivity contribution in [3.05, 3.63) is 24.3 Å². The van der Waals surface area contributed by atoms with Crippen LogP contribution < -0.4 is 9.04 Å². The molecule has 1 saturated heterocycles. The van der Waals surface area contributed by atoms with Crippen molar-refractivity contribution < 1.29 is 17.9 Å². The summed E-state index contributed by atoms with van der Waals surface area (Å²) in [5.41, 5.74) is 0.645. The van der Waals surface area contributed by atoms with E-state index < -0.39 is 10.0 Å². The number of nitrogens with zero attached hydrogens (tertiary/aromatic N) is 1. The van der Waals surface area contributed by atoms with Gasteiger partial charge >= 0.3 is 0 Å². The zero-order valence-corrected chi connectivity index (χ0v) is 12.1. The second-order valence-corrected chi connectivity index (χ2v) is 7.14. The van der Waals surface area contributed by atoms with Gasteiger partial charge in [-0.15, -0.1) is 0 Å². The van der Waals surface area contributed by atoms with E-state index in [1.54, 1.807) is 12.1 Å². The fraction of sp³-hybridized carbons (Fsp3) is 0.571. The molecule has 5 nitrogen and oxygen atoms in total. The third-order valence-electron chi connectivity index (χ3n) is 3.74. The van der Waals surface area contributed by atoms with Gasteiger partial charge < -0.3 is 9.47 Å². The summed E-state index contributed by atoms with van der Waals surface area (Å²) in [5.74, 6) is 0.769. The summed E-state index contributed by atoms with van der Waals surface area (Å²) in [5, 5.41) is 0. The zero-order chi connectivity index (χ0) is 14.0. The molecule has 1 atom stereocenters. The van der Waals surface area contributed by atoms with Crippen molar-refractivity contribution in [2.24, 2.45) is 0 Å². The summed E-state index contributed by atoms with van der Waals surface area (Å²) in [6, 6.07) is 7.27. The number of hydrogen-bond donors (Lipinski definition) is 0. The Morgan fingerprint density at radius 2 is 2.10 bits per heavy atom. The Labute approximate surface area is 119 Å². The fourth-order valence-electron chi connectivity index (χ4n) is 2.70. The smallest absolute Gasteiger partial charge is 0.235 e. The van der Waals surface area contributed by atoms with Crippen LogP contribution in [0, 0.1) is 0 Å². The SMILES string of the molecule is O=S(=O)(CCC1CCCO1)N1CCOc2ccccc21. The van der Waals surface area contributed by atoms with Crippen molar-refractivity contribution >= 4 is 15.7 Å². The van der Waals surface area contributed by atoms with Crippen LogP contribution in [-0.2, 0) is 14.8 Å². The van der Waals surface area contributed by atoms with E-state index in [4.69, 9.17) is 9.47 Å². The van der Waals surface area contributed by atoms with Gasteiger partial charge in [0.15, 0.2) is 0 Å². The number of sulfonamides is 1. The Balaban J connectivity index is 1.74. The topological polar surface area (TPSA) is 55.8 Å². The highest BCUT2D eigenvalue weighted by Crippen LogP contribution is 2.33. The summed E-state index contributed by atoms with van der Waals surface area (Å²) in [6.07, 6.45) is 2.67. The lowest BCUT2D eigenvalue weighted by atomic mass is 10.2. The van der Waals surface area contributed by atoms with Gasteiger partial charge in [-0.1, -0.05) is 12.1 Å². The largest absolute Gasteiger partial charge is 0.489 e. The predicted molar refractivity (Wildman–Crippen MR) is 76.7 cm³/mol. The first kappa shape index (κ1) is 13.7. The van der Waals surface area contributed by atoms with Crippen LogP contribution in [0.2, 0.25) is 0 Å². The van der Waals surface area contributed by atoms with Gasteiger partial charge in [-0.3, -0.25) is 4.31 Å². The van der Waals surface area contributed by atoms with E-state index in [0.717, 1.165) is 19.4 Å². The first-order valence-electron chi connectivity index (χ1n) is 7.01. The minimum Gasteiger partial charge on any atom is -0.489 e. The number of ether oxygens (including phenoxy) is 2. The van der Waals surface area contributed by atoms with E-state index in [1.165, 1.54) is 4.31 Å². The number of hydrogen-bond acceptors (Lipinski definition) is 4. The maximum Gasteiger partial charge on any atom is 0.235 e. The van der Waals surface area contributed by atoms with Crippen molar-refractivity contribution in [3.8, 4) is 5.75 Å². The molecule has 20 heavy (non-hydrogen) atoms. The molecule has 1 unspecified atom stereocenters. The quantitative estimate of drug-likeness (QED) is 0.850. The van der Waals surface area contributed by atoms with Gasteiger partial charge in [-0.25, -0.2) is 8.42 Å². The van der Waals surface area contributed by atoms with Crippen molar-refractivity contribution in [2.75, 3.05) is 29.8 Å². The van der Waals surface area contributed by atoms with Crippen LogP contribution in [0.3, 0.4) is 0 Å². The number of anilines is 1. The minimum atomic E-state index is -3.31. The van der Waals surface area contributed by atoms with Gasteiger partial charge in [0.05, 0.1) is 24.1 Å². The van der Waals surface area contributed by atoms with Crippen molar-refractivity contribution in [3.63, 3.8) is 0 Å². The van der Waals surface area contributed by atoms with Crippen LogP contribution in [0.1, 0.15) is 19.3 Å². The summed E-state index contributed by atoms with van der Waals surface area (Å²) in [4.78, 5) is 0. The molecular weight excluding hydrogens is 278 g/mol. The predicted octanol–water partition coefficient (Wildman–Crippen LogP) is 1.78. The molecule has 0 spiro atoms. The third-order valence-corrected chi connectivity index (χ3v) is 5.55. The average molecular weight is 297 g/mol. The van der Waals surface area contributed by atoms with Crippen LogP contribution in [0.4, 0.5) is 5.69 Å². The molecule has 1 fully saturated rings. The van der Waals surface area contributed by atoms with E-state index in [2.05, 4.69) is 0 Å². The Morgan fingerprint density at radius 1 is 1.25 bits per heavy atom. The van der Waals surface area contributed by atoms with Gasteiger partial charge in [0.25, 0.3) is 0 Å². The van der Waals surface area contributed by atoms with E-state index in [9.17, 15) is 8.42 Å². The zero-order valence-electron chi connectivity index (χ0n) is 11.3. The van der Waals surface area contributed by atoms with Crippen LogP contribution in [0.5, 0.6) is 5.75 Å². The van der Waals surface area contributed by atoms with E-state index in [0.29, 0.717) is 31.0 Å². The molecule has 0 amide bonds. The summed E-state index contributed by atoms with van der Waals surface area (Å²) in [6.45, 7) is 1.53. The molecule has 6 heteroatoms. The molecule has 1 aromatic carbocycles. The molecule has 0 N–H and O–H groups in total. The third kappa shape index (κ3) is 2.76. The Kier molecular flexibility index (Phi) is 3.85. The minimum absolute atomic E-state index is 0.0982. The molecule has 1 aromatic rings. The van der Waals surface area contributed by atoms with Crippen LogP contribution in [-0.4, -0.2) is 40.0 Å². The molecule has 0 saturated carbocycles. The van der Waals surface area contributed by atoms with Gasteiger partial charge in [-0.05, 0) is 31.4 Å². The number of fused-ring (bicyclic) bond motifs is 1. The highest BCUT2D eigenvalue weighted by Gasteiger charge is 2.29. The molecule has 2 aliphatic heterocycles. The summed E-state index contributed by atoms with van der Waals surface area (Å²) in [7, 11) is -3.31. The molecule has 0 aliphatic carbocycles. The second kappa shape index (κ2) is 5.61. The first-order valence-corrected chi connectivity index (χ1v) is 8.61. The summed E-state index contributed by atoms with van der Waals surface area (Å²) >= 11 is 0. The van der Waals surface area contributed by atoms with Crippen molar-refractivity contribution in [1.82, 2.24) is 0 Å². The molecule has 2 heterocycles. The lowest BCUT2D eigenvalue weighted by Crippen LogP contribution is -2.39. The second-order valence-electron chi connectivity index (χ2n) is 5.13. The molecule has 0 bridgehead atoms. The lowest BCUT2D eigenvalue weighted by Gasteiger charge is -2.30. The highest BCUT2D eigenvalue weighted by molar-refractivity contribution is 7.92. The van der Waals surface area contributed by atoms with Gasteiger partial charge in [-0.2, -0.15) is 0 Å².